The summed E-state index contributed by atoms with van der Waals surface area (Å²) in [6.07, 6.45) is 8.51. The van der Waals surface area contributed by atoms with Crippen molar-refractivity contribution in [2.45, 2.75) is 50.5 Å². The summed E-state index contributed by atoms with van der Waals surface area (Å²) in [6.45, 7) is 3.45. The summed E-state index contributed by atoms with van der Waals surface area (Å²) in [4.78, 5) is 2.58. The second-order valence-electron chi connectivity index (χ2n) is 6.96. The third-order valence-corrected chi connectivity index (χ3v) is 5.55. The molecule has 22 heavy (non-hydrogen) atoms. The predicted octanol–water partition coefficient (Wildman–Crippen LogP) is 3.56. The van der Waals surface area contributed by atoms with Crippen LogP contribution >= 0.6 is 0 Å². The summed E-state index contributed by atoms with van der Waals surface area (Å²) in [6, 6.07) is 8.02. The molecule has 1 heterocycles. The van der Waals surface area contributed by atoms with Crippen molar-refractivity contribution in [2.24, 2.45) is 5.92 Å². The molecule has 1 aliphatic heterocycles. The number of ether oxygens (including phenoxy) is 1. The Morgan fingerprint density at radius 1 is 1.09 bits per heavy atom. The van der Waals surface area contributed by atoms with Crippen LogP contribution in [0.5, 0.6) is 5.75 Å². The first-order chi connectivity index (χ1) is 10.7. The van der Waals surface area contributed by atoms with E-state index >= 15 is 0 Å². The average molecular weight is 303 g/mol. The lowest BCUT2D eigenvalue weighted by Gasteiger charge is -2.34. The molecule has 2 unspecified atom stereocenters. The summed E-state index contributed by atoms with van der Waals surface area (Å²) >= 11 is 0. The molecule has 2 fully saturated rings. The summed E-state index contributed by atoms with van der Waals surface area (Å²) in [5.41, 5.74) is 0.407. The summed E-state index contributed by atoms with van der Waals surface area (Å²) in [5.74, 6) is 1.22. The van der Waals surface area contributed by atoms with Crippen molar-refractivity contribution in [1.82, 2.24) is 4.90 Å². The lowest BCUT2D eigenvalue weighted by atomic mass is 9.83. The van der Waals surface area contributed by atoms with Gasteiger partial charge in [0.1, 0.15) is 5.75 Å². The first-order valence-electron chi connectivity index (χ1n) is 8.81. The first kappa shape index (κ1) is 15.8. The quantitative estimate of drug-likeness (QED) is 0.923. The van der Waals surface area contributed by atoms with E-state index in [0.29, 0.717) is 5.92 Å². The van der Waals surface area contributed by atoms with Crippen LogP contribution in [0.3, 0.4) is 0 Å². The van der Waals surface area contributed by atoms with E-state index in [1.807, 2.05) is 24.3 Å². The zero-order valence-corrected chi connectivity index (χ0v) is 13.8. The second kappa shape index (κ2) is 7.01. The SMILES string of the molecule is COc1ccc(C2(O)CCCC2CN2CCCCCC2)cc1. The van der Waals surface area contributed by atoms with Crippen molar-refractivity contribution in [1.29, 1.82) is 0 Å². The molecule has 2 aliphatic rings. The fourth-order valence-corrected chi connectivity index (χ4v) is 4.19. The van der Waals surface area contributed by atoms with Gasteiger partial charge in [-0.3, -0.25) is 0 Å². The Labute approximate surface area is 134 Å². The zero-order valence-electron chi connectivity index (χ0n) is 13.8. The molecule has 1 saturated carbocycles. The Hall–Kier alpha value is -1.06. The summed E-state index contributed by atoms with van der Waals surface area (Å²) in [7, 11) is 1.68. The third kappa shape index (κ3) is 3.31. The number of hydrogen-bond acceptors (Lipinski definition) is 3. The number of likely N-dealkylation sites (tertiary alicyclic amines) is 1. The molecule has 122 valence electrons. The number of aliphatic hydroxyl groups is 1. The monoisotopic (exact) mass is 303 g/mol. The van der Waals surface area contributed by atoms with E-state index in [0.717, 1.165) is 37.1 Å². The zero-order chi connectivity index (χ0) is 15.4. The van der Waals surface area contributed by atoms with E-state index in [9.17, 15) is 5.11 Å². The normalized spacial score (nSPS) is 30.2. The topological polar surface area (TPSA) is 32.7 Å². The molecule has 0 radical (unpaired) electrons. The molecule has 2 atom stereocenters. The van der Waals surface area contributed by atoms with Crippen LogP contribution in [0.15, 0.2) is 24.3 Å². The van der Waals surface area contributed by atoms with Crippen molar-refractivity contribution in [3.05, 3.63) is 29.8 Å². The number of methoxy groups -OCH3 is 1. The molecule has 3 rings (SSSR count). The number of benzene rings is 1. The van der Waals surface area contributed by atoms with Crippen LogP contribution in [0, 0.1) is 5.92 Å². The fraction of sp³-hybridized carbons (Fsp3) is 0.684. The Kier molecular flexibility index (Phi) is 5.04. The lowest BCUT2D eigenvalue weighted by Crippen LogP contribution is -2.39. The maximum Gasteiger partial charge on any atom is 0.118 e. The van der Waals surface area contributed by atoms with Gasteiger partial charge in [-0.15, -0.1) is 0 Å². The minimum absolute atomic E-state index is 0.360. The largest absolute Gasteiger partial charge is 0.497 e. The Balaban J connectivity index is 1.72. The van der Waals surface area contributed by atoms with Gasteiger partial charge in [0.15, 0.2) is 0 Å². The summed E-state index contributed by atoms with van der Waals surface area (Å²) in [5, 5.41) is 11.3. The Morgan fingerprint density at radius 2 is 1.77 bits per heavy atom. The molecule has 3 heteroatoms. The van der Waals surface area contributed by atoms with Crippen LogP contribution in [-0.2, 0) is 5.60 Å². The molecule has 1 aliphatic carbocycles. The third-order valence-electron chi connectivity index (χ3n) is 5.55. The fourth-order valence-electron chi connectivity index (χ4n) is 4.19. The van der Waals surface area contributed by atoms with Gasteiger partial charge in [0, 0.05) is 12.5 Å². The van der Waals surface area contributed by atoms with Gasteiger partial charge >= 0.3 is 0 Å². The molecule has 0 aromatic heterocycles. The maximum atomic E-state index is 11.3. The average Bonchev–Trinajstić information content (AvgIpc) is 2.76. The standard InChI is InChI=1S/C19H29NO2/c1-22-18-10-8-16(9-11-18)19(21)12-6-7-17(19)15-20-13-4-2-3-5-14-20/h8-11,17,21H,2-7,12-15H2,1H3. The molecule has 0 spiro atoms. The van der Waals surface area contributed by atoms with Crippen molar-refractivity contribution in [3.8, 4) is 5.75 Å². The number of rotatable bonds is 4. The van der Waals surface area contributed by atoms with Crippen molar-refractivity contribution in [3.63, 3.8) is 0 Å². The van der Waals surface area contributed by atoms with Gasteiger partial charge in [0.2, 0.25) is 0 Å². The van der Waals surface area contributed by atoms with Gasteiger partial charge in [0.05, 0.1) is 12.7 Å². The molecule has 1 aromatic carbocycles. The van der Waals surface area contributed by atoms with Gasteiger partial charge in [-0.2, -0.15) is 0 Å². The maximum absolute atomic E-state index is 11.3. The van der Waals surface area contributed by atoms with Crippen molar-refractivity contribution < 1.29 is 9.84 Å². The van der Waals surface area contributed by atoms with Crippen LogP contribution in [0.2, 0.25) is 0 Å². The molecule has 0 bridgehead atoms. The highest BCUT2D eigenvalue weighted by Gasteiger charge is 2.43. The summed E-state index contributed by atoms with van der Waals surface area (Å²) < 4.78 is 5.24. The van der Waals surface area contributed by atoms with E-state index in [4.69, 9.17) is 4.74 Å². The minimum Gasteiger partial charge on any atom is -0.497 e. The van der Waals surface area contributed by atoms with E-state index in [1.165, 1.54) is 38.8 Å². The smallest absolute Gasteiger partial charge is 0.118 e. The minimum atomic E-state index is -0.654. The molecular formula is C19H29NO2. The molecule has 1 saturated heterocycles. The van der Waals surface area contributed by atoms with Crippen LogP contribution in [0.4, 0.5) is 0 Å². The predicted molar refractivity (Wildman–Crippen MR) is 89.1 cm³/mol. The highest BCUT2D eigenvalue weighted by molar-refractivity contribution is 5.32. The van der Waals surface area contributed by atoms with Crippen molar-refractivity contribution in [2.75, 3.05) is 26.7 Å². The first-order valence-corrected chi connectivity index (χ1v) is 8.81. The molecule has 1 N–H and O–H groups in total. The van der Waals surface area contributed by atoms with E-state index < -0.39 is 5.60 Å². The van der Waals surface area contributed by atoms with Gasteiger partial charge < -0.3 is 14.7 Å². The van der Waals surface area contributed by atoms with E-state index in [2.05, 4.69) is 4.90 Å². The second-order valence-corrected chi connectivity index (χ2v) is 6.96. The van der Waals surface area contributed by atoms with E-state index in [-0.39, 0.29) is 0 Å². The van der Waals surface area contributed by atoms with Gasteiger partial charge in [0.25, 0.3) is 0 Å². The Bertz CT molecular complexity index is 465. The van der Waals surface area contributed by atoms with Gasteiger partial charge in [-0.05, 0) is 62.9 Å². The van der Waals surface area contributed by atoms with Crippen molar-refractivity contribution >= 4 is 0 Å². The lowest BCUT2D eigenvalue weighted by molar-refractivity contribution is -0.0155. The Morgan fingerprint density at radius 3 is 2.41 bits per heavy atom. The highest BCUT2D eigenvalue weighted by atomic mass is 16.5. The highest BCUT2D eigenvalue weighted by Crippen LogP contribution is 2.44. The van der Waals surface area contributed by atoms with Gasteiger partial charge in [-0.1, -0.05) is 25.0 Å². The number of nitrogens with zero attached hydrogens (tertiary/aromatic N) is 1. The molecule has 3 nitrogen and oxygen atoms in total. The molecular weight excluding hydrogens is 274 g/mol. The molecule has 1 aromatic rings. The number of hydrogen-bond donors (Lipinski definition) is 1. The van der Waals surface area contributed by atoms with E-state index in [1.54, 1.807) is 7.11 Å². The van der Waals surface area contributed by atoms with Crippen LogP contribution in [0.1, 0.15) is 50.5 Å². The van der Waals surface area contributed by atoms with Crippen LogP contribution in [-0.4, -0.2) is 36.8 Å². The molecule has 0 amide bonds. The van der Waals surface area contributed by atoms with Crippen LogP contribution in [0.25, 0.3) is 0 Å². The van der Waals surface area contributed by atoms with Gasteiger partial charge in [-0.25, -0.2) is 0 Å². The van der Waals surface area contributed by atoms with Crippen LogP contribution < -0.4 is 4.74 Å².